The molecule has 1 aliphatic heterocycles. The molecule has 1 heterocycles. The van der Waals surface area contributed by atoms with Gasteiger partial charge in [0.1, 0.15) is 0 Å². The fourth-order valence-electron chi connectivity index (χ4n) is 2.33. The van der Waals surface area contributed by atoms with Gasteiger partial charge in [-0.1, -0.05) is 34.1 Å². The molecule has 1 atom stereocenters. The average Bonchev–Trinajstić information content (AvgIpc) is 2.80. The van der Waals surface area contributed by atoms with Gasteiger partial charge in [0.15, 0.2) is 0 Å². The van der Waals surface area contributed by atoms with Crippen molar-refractivity contribution in [3.05, 3.63) is 29.8 Å². The van der Waals surface area contributed by atoms with Crippen LogP contribution in [-0.4, -0.2) is 49.3 Å². The molecule has 0 saturated carbocycles. The number of nitrogens with zero attached hydrogens (tertiary/aromatic N) is 1. The van der Waals surface area contributed by atoms with Crippen LogP contribution in [-0.2, 0) is 4.74 Å². The normalized spacial score (nSPS) is 18.3. The molecule has 100 valence electrons. The Morgan fingerprint density at radius 3 is 3.00 bits per heavy atom. The summed E-state index contributed by atoms with van der Waals surface area (Å²) in [6.07, 6.45) is 0. The van der Waals surface area contributed by atoms with Crippen LogP contribution in [0.2, 0.25) is 0 Å². The average molecular weight is 330 g/mol. The molecule has 0 radical (unpaired) electrons. The zero-order valence-corrected chi connectivity index (χ0v) is 13.2. The Bertz CT molecular complexity index is 375. The van der Waals surface area contributed by atoms with Crippen molar-refractivity contribution in [3.63, 3.8) is 0 Å². The Balaban J connectivity index is 1.95. The first-order valence-corrected chi connectivity index (χ1v) is 8.45. The Labute approximate surface area is 122 Å². The fourth-order valence-corrected chi connectivity index (χ4v) is 4.07. The monoisotopic (exact) mass is 329 g/mol. The molecule has 0 saturated heterocycles. The number of benzene rings is 1. The summed E-state index contributed by atoms with van der Waals surface area (Å²) in [5.74, 6) is 1.88. The van der Waals surface area contributed by atoms with Crippen molar-refractivity contribution in [1.29, 1.82) is 0 Å². The van der Waals surface area contributed by atoms with Crippen LogP contribution in [0, 0.1) is 0 Å². The van der Waals surface area contributed by atoms with Gasteiger partial charge >= 0.3 is 0 Å². The molecule has 0 amide bonds. The highest BCUT2D eigenvalue weighted by Gasteiger charge is 2.24. The molecule has 4 heteroatoms. The molecule has 1 aliphatic rings. The molecule has 0 bridgehead atoms. The van der Waals surface area contributed by atoms with E-state index in [1.165, 1.54) is 16.2 Å². The summed E-state index contributed by atoms with van der Waals surface area (Å²) >= 11 is 5.53. The van der Waals surface area contributed by atoms with E-state index in [1.54, 1.807) is 7.11 Å². The molecule has 0 N–H and O–H groups in total. The first kappa shape index (κ1) is 14.4. The van der Waals surface area contributed by atoms with E-state index >= 15 is 0 Å². The van der Waals surface area contributed by atoms with Crippen LogP contribution in [0.15, 0.2) is 29.2 Å². The van der Waals surface area contributed by atoms with Crippen LogP contribution in [0.25, 0.3) is 0 Å². The number of alkyl halides is 1. The van der Waals surface area contributed by atoms with Crippen molar-refractivity contribution in [2.45, 2.75) is 10.8 Å². The molecule has 2 rings (SSSR count). The molecule has 1 aromatic carbocycles. The van der Waals surface area contributed by atoms with E-state index in [9.17, 15) is 0 Å². The van der Waals surface area contributed by atoms with Crippen LogP contribution in [0.4, 0.5) is 0 Å². The van der Waals surface area contributed by atoms with Crippen molar-refractivity contribution in [2.24, 2.45) is 0 Å². The minimum Gasteiger partial charge on any atom is -0.383 e. The second-order valence-corrected chi connectivity index (χ2v) is 6.38. The first-order chi connectivity index (χ1) is 8.85. The molecule has 1 unspecified atom stereocenters. The number of methoxy groups -OCH3 is 1. The summed E-state index contributed by atoms with van der Waals surface area (Å²) in [5.41, 5.74) is 1.53. The van der Waals surface area contributed by atoms with Crippen LogP contribution in [0.1, 0.15) is 11.5 Å². The minimum atomic E-state index is 0.669. The van der Waals surface area contributed by atoms with Gasteiger partial charge in [-0.2, -0.15) is 0 Å². The summed E-state index contributed by atoms with van der Waals surface area (Å²) in [6, 6.07) is 8.81. The Hall–Kier alpha value is -0.0300. The Morgan fingerprint density at radius 2 is 2.22 bits per heavy atom. The number of hydrogen-bond donors (Lipinski definition) is 0. The van der Waals surface area contributed by atoms with Crippen LogP contribution in [0.3, 0.4) is 0 Å². The standard InChI is InChI=1S/C14H20BrNOS/c1-17-9-8-16(7-6-15)10-12-11-18-14-5-3-2-4-13(12)14/h2-5,12H,6-11H2,1H3. The molecule has 18 heavy (non-hydrogen) atoms. The molecule has 2 nitrogen and oxygen atoms in total. The quantitative estimate of drug-likeness (QED) is 0.713. The molecular weight excluding hydrogens is 310 g/mol. The zero-order chi connectivity index (χ0) is 12.8. The highest BCUT2D eigenvalue weighted by molar-refractivity contribution is 9.09. The third kappa shape index (κ3) is 3.73. The second kappa shape index (κ2) is 7.53. The third-order valence-corrected chi connectivity index (χ3v) is 4.90. The predicted molar refractivity (Wildman–Crippen MR) is 82.0 cm³/mol. The Morgan fingerprint density at radius 1 is 1.39 bits per heavy atom. The summed E-state index contributed by atoms with van der Waals surface area (Å²) in [5, 5.41) is 1.03. The molecule has 1 aromatic rings. The van der Waals surface area contributed by atoms with Gasteiger partial charge in [-0.3, -0.25) is 4.90 Å². The Kier molecular flexibility index (Phi) is 6.02. The van der Waals surface area contributed by atoms with Gasteiger partial charge in [-0.15, -0.1) is 11.8 Å². The van der Waals surface area contributed by atoms with E-state index in [1.807, 2.05) is 11.8 Å². The van der Waals surface area contributed by atoms with E-state index in [-0.39, 0.29) is 0 Å². The van der Waals surface area contributed by atoms with Gasteiger partial charge in [0.25, 0.3) is 0 Å². The van der Waals surface area contributed by atoms with E-state index in [0.717, 1.165) is 31.6 Å². The van der Waals surface area contributed by atoms with E-state index in [2.05, 4.69) is 45.1 Å². The zero-order valence-electron chi connectivity index (χ0n) is 10.8. The van der Waals surface area contributed by atoms with Crippen molar-refractivity contribution in [3.8, 4) is 0 Å². The largest absolute Gasteiger partial charge is 0.383 e. The highest BCUT2D eigenvalue weighted by Crippen LogP contribution is 2.39. The number of rotatable bonds is 7. The lowest BCUT2D eigenvalue weighted by Crippen LogP contribution is -2.33. The van der Waals surface area contributed by atoms with Gasteiger partial charge in [0, 0.05) is 48.6 Å². The molecule has 0 aliphatic carbocycles. The number of halogens is 1. The van der Waals surface area contributed by atoms with Crippen molar-refractivity contribution in [1.82, 2.24) is 4.90 Å². The summed E-state index contributed by atoms with van der Waals surface area (Å²) in [7, 11) is 1.77. The van der Waals surface area contributed by atoms with E-state index in [4.69, 9.17) is 4.74 Å². The topological polar surface area (TPSA) is 12.5 Å². The molecular formula is C14H20BrNOS. The summed E-state index contributed by atoms with van der Waals surface area (Å²) in [6.45, 7) is 4.06. The number of fused-ring (bicyclic) bond motifs is 1. The maximum absolute atomic E-state index is 5.19. The van der Waals surface area contributed by atoms with Gasteiger partial charge in [-0.25, -0.2) is 0 Å². The smallest absolute Gasteiger partial charge is 0.0589 e. The lowest BCUT2D eigenvalue weighted by molar-refractivity contribution is 0.149. The fraction of sp³-hybridized carbons (Fsp3) is 0.571. The number of ether oxygens (including phenoxy) is 1. The highest BCUT2D eigenvalue weighted by atomic mass is 79.9. The number of hydrogen-bond acceptors (Lipinski definition) is 3. The third-order valence-electron chi connectivity index (χ3n) is 3.29. The van der Waals surface area contributed by atoms with Crippen LogP contribution in [0.5, 0.6) is 0 Å². The van der Waals surface area contributed by atoms with Crippen LogP contribution < -0.4 is 0 Å². The van der Waals surface area contributed by atoms with Crippen molar-refractivity contribution < 1.29 is 4.74 Å². The summed E-state index contributed by atoms with van der Waals surface area (Å²) < 4.78 is 5.19. The summed E-state index contributed by atoms with van der Waals surface area (Å²) in [4.78, 5) is 3.96. The van der Waals surface area contributed by atoms with Gasteiger partial charge < -0.3 is 4.74 Å². The van der Waals surface area contributed by atoms with Gasteiger partial charge in [0.05, 0.1) is 6.61 Å². The SMILES string of the molecule is COCCN(CCBr)CC1CSc2ccccc21. The molecule has 0 spiro atoms. The second-order valence-electron chi connectivity index (χ2n) is 4.53. The predicted octanol–water partition coefficient (Wildman–Crippen LogP) is 3.22. The van der Waals surface area contributed by atoms with Crippen LogP contribution >= 0.6 is 27.7 Å². The van der Waals surface area contributed by atoms with E-state index in [0.29, 0.717) is 5.92 Å². The van der Waals surface area contributed by atoms with Gasteiger partial charge in [-0.05, 0) is 11.6 Å². The molecule has 0 aromatic heterocycles. The van der Waals surface area contributed by atoms with Gasteiger partial charge in [0.2, 0.25) is 0 Å². The number of thioether (sulfide) groups is 1. The maximum atomic E-state index is 5.19. The van der Waals surface area contributed by atoms with E-state index < -0.39 is 0 Å². The molecule has 0 fully saturated rings. The lowest BCUT2D eigenvalue weighted by atomic mass is 10.0. The van der Waals surface area contributed by atoms with Crippen molar-refractivity contribution in [2.75, 3.05) is 44.4 Å². The first-order valence-electron chi connectivity index (χ1n) is 6.34. The van der Waals surface area contributed by atoms with Crippen molar-refractivity contribution >= 4 is 27.7 Å². The lowest BCUT2D eigenvalue weighted by Gasteiger charge is -2.24. The minimum absolute atomic E-state index is 0.669. The maximum Gasteiger partial charge on any atom is 0.0589 e.